The van der Waals surface area contributed by atoms with Gasteiger partial charge in [0, 0.05) is 5.92 Å². The number of hydrogen-bond acceptors (Lipinski definition) is 8. The predicted molar refractivity (Wildman–Crippen MR) is 149 cm³/mol. The van der Waals surface area contributed by atoms with Gasteiger partial charge in [0.2, 0.25) is 5.17 Å². The number of methoxy groups -OCH3 is 2. The van der Waals surface area contributed by atoms with Crippen LogP contribution in [0.1, 0.15) is 37.7 Å². The van der Waals surface area contributed by atoms with E-state index in [1.807, 2.05) is 24.3 Å². The van der Waals surface area contributed by atoms with E-state index >= 15 is 0 Å². The Kier molecular flexibility index (Phi) is 7.97. The zero-order valence-corrected chi connectivity index (χ0v) is 22.3. The van der Waals surface area contributed by atoms with Gasteiger partial charge in [-0.05, 0) is 60.5 Å². The fourth-order valence-electron chi connectivity index (χ4n) is 4.62. The second-order valence-electron chi connectivity index (χ2n) is 9.05. The summed E-state index contributed by atoms with van der Waals surface area (Å²) in [6.07, 6.45) is 7.46. The van der Waals surface area contributed by atoms with Gasteiger partial charge in [-0.3, -0.25) is 10.2 Å². The number of thioether (sulfide) groups is 1. The Labute approximate surface area is 226 Å². The van der Waals surface area contributed by atoms with E-state index in [0.717, 1.165) is 17.9 Å². The van der Waals surface area contributed by atoms with Gasteiger partial charge >= 0.3 is 0 Å². The monoisotopic (exact) mass is 534 g/mol. The first-order valence-corrected chi connectivity index (χ1v) is 13.5. The molecule has 1 saturated carbocycles. The molecule has 0 aromatic heterocycles. The van der Waals surface area contributed by atoms with Crippen LogP contribution in [-0.4, -0.2) is 54.4 Å². The van der Waals surface area contributed by atoms with Crippen molar-refractivity contribution in [3.05, 3.63) is 53.6 Å². The Hall–Kier alpha value is -3.79. The van der Waals surface area contributed by atoms with E-state index in [1.54, 1.807) is 38.5 Å². The van der Waals surface area contributed by atoms with Crippen LogP contribution in [0.3, 0.4) is 0 Å². The summed E-state index contributed by atoms with van der Waals surface area (Å²) in [7, 11) is 3.15. The highest BCUT2D eigenvalue weighted by atomic mass is 32.2. The highest BCUT2D eigenvalue weighted by Gasteiger charge is 2.38. The summed E-state index contributed by atoms with van der Waals surface area (Å²) in [6.45, 7) is 0.613. The zero-order chi connectivity index (χ0) is 26.5. The fourth-order valence-corrected chi connectivity index (χ4v) is 5.68. The lowest BCUT2D eigenvalue weighted by Crippen LogP contribution is -2.35. The van der Waals surface area contributed by atoms with Gasteiger partial charge in [0.05, 0.1) is 19.8 Å². The highest BCUT2D eigenvalue weighted by Crippen LogP contribution is 2.37. The first-order chi connectivity index (χ1) is 18.6. The van der Waals surface area contributed by atoms with Crippen LogP contribution in [0, 0.1) is 11.3 Å². The number of carbonyl (C=O) groups is 1. The Bertz CT molecular complexity index is 1320. The molecule has 0 radical (unpaired) electrons. The molecule has 0 unspecified atom stereocenters. The molecular formula is C28H30N4O5S. The van der Waals surface area contributed by atoms with Crippen LogP contribution in [0.2, 0.25) is 0 Å². The minimum Gasteiger partial charge on any atom is -0.493 e. The van der Waals surface area contributed by atoms with Gasteiger partial charge in [-0.1, -0.05) is 37.5 Å². The molecule has 198 valence electrons. The molecule has 9 nitrogen and oxygen atoms in total. The van der Waals surface area contributed by atoms with E-state index in [0.29, 0.717) is 52.9 Å². The quantitative estimate of drug-likeness (QED) is 0.341. The molecule has 5 rings (SSSR count). The number of amides is 1. The second-order valence-corrected chi connectivity index (χ2v) is 10.0. The average molecular weight is 535 g/mol. The van der Waals surface area contributed by atoms with Gasteiger partial charge in [0.25, 0.3) is 5.91 Å². The summed E-state index contributed by atoms with van der Waals surface area (Å²) in [5, 5.41) is 16.2. The number of fused-ring (bicyclic) bond motifs is 1. The van der Waals surface area contributed by atoms with Gasteiger partial charge in [-0.25, -0.2) is 0 Å². The van der Waals surface area contributed by atoms with E-state index in [2.05, 4.69) is 10.1 Å². The summed E-state index contributed by atoms with van der Waals surface area (Å²) in [4.78, 5) is 17.1. The number of aliphatic imine (C=N–C) groups is 1. The minimum absolute atomic E-state index is 0.0334. The maximum atomic E-state index is 12.8. The molecule has 0 bridgehead atoms. The van der Waals surface area contributed by atoms with E-state index in [1.165, 1.54) is 36.0 Å². The molecule has 1 aliphatic carbocycles. The molecule has 2 aromatic carbocycles. The van der Waals surface area contributed by atoms with Crippen LogP contribution in [0.25, 0.3) is 6.08 Å². The maximum absolute atomic E-state index is 12.8. The van der Waals surface area contributed by atoms with Crippen molar-refractivity contribution >= 4 is 39.8 Å². The molecule has 0 spiro atoms. The Morgan fingerprint density at radius 1 is 0.974 bits per heavy atom. The van der Waals surface area contributed by atoms with Crippen LogP contribution in [-0.2, 0) is 4.79 Å². The number of hydrogen-bond donors (Lipinski definition) is 1. The number of amidine groups is 2. The number of nitrogens with one attached hydrogen (secondary N) is 1. The van der Waals surface area contributed by atoms with Gasteiger partial charge in [-0.2, -0.15) is 15.1 Å². The third-order valence-electron chi connectivity index (χ3n) is 6.59. The molecule has 3 aliphatic rings. The first kappa shape index (κ1) is 25.8. The summed E-state index contributed by atoms with van der Waals surface area (Å²) >= 11 is 1.42. The molecule has 2 aliphatic heterocycles. The lowest BCUT2D eigenvalue weighted by atomic mass is 9.90. The Morgan fingerprint density at radius 3 is 2.37 bits per heavy atom. The molecule has 38 heavy (non-hydrogen) atoms. The van der Waals surface area contributed by atoms with Crippen molar-refractivity contribution in [3.63, 3.8) is 0 Å². The molecule has 1 N–H and O–H groups in total. The van der Waals surface area contributed by atoms with Gasteiger partial charge in [0.1, 0.15) is 18.3 Å². The van der Waals surface area contributed by atoms with Crippen LogP contribution in [0.5, 0.6) is 23.0 Å². The normalized spacial score (nSPS) is 18.7. The van der Waals surface area contributed by atoms with Gasteiger partial charge in [-0.15, -0.1) is 0 Å². The molecule has 10 heteroatoms. The number of para-hydroxylation sites is 2. The largest absolute Gasteiger partial charge is 0.493 e. The van der Waals surface area contributed by atoms with Gasteiger partial charge in [0.15, 0.2) is 28.8 Å². The molecule has 2 aromatic rings. The number of hydrazone groups is 1. The average Bonchev–Trinajstić information content (AvgIpc) is 3.38. The molecule has 0 saturated heterocycles. The minimum atomic E-state index is -0.443. The summed E-state index contributed by atoms with van der Waals surface area (Å²) < 4.78 is 22.4. The topological polar surface area (TPSA) is 106 Å². The van der Waals surface area contributed by atoms with E-state index in [9.17, 15) is 4.79 Å². The molecule has 0 atom stereocenters. The number of ether oxygens (including phenoxy) is 4. The van der Waals surface area contributed by atoms with Crippen molar-refractivity contribution in [2.75, 3.05) is 27.4 Å². The third-order valence-corrected chi connectivity index (χ3v) is 7.66. The van der Waals surface area contributed by atoms with Crippen LogP contribution in [0.15, 0.2) is 58.1 Å². The van der Waals surface area contributed by atoms with Crippen molar-refractivity contribution < 1.29 is 23.7 Å². The van der Waals surface area contributed by atoms with Crippen molar-refractivity contribution in [3.8, 4) is 23.0 Å². The van der Waals surface area contributed by atoms with Gasteiger partial charge < -0.3 is 18.9 Å². The number of rotatable bonds is 9. The molecule has 1 fully saturated rings. The van der Waals surface area contributed by atoms with Crippen molar-refractivity contribution in [2.45, 2.75) is 32.1 Å². The summed E-state index contributed by atoms with van der Waals surface area (Å²) in [5.74, 6) is 2.32. The van der Waals surface area contributed by atoms with Crippen molar-refractivity contribution in [2.24, 2.45) is 16.0 Å². The lowest BCUT2D eigenvalue weighted by molar-refractivity contribution is -0.114. The molecular weight excluding hydrogens is 504 g/mol. The highest BCUT2D eigenvalue weighted by molar-refractivity contribution is 8.27. The zero-order valence-electron chi connectivity index (χ0n) is 21.4. The Morgan fingerprint density at radius 2 is 1.66 bits per heavy atom. The summed E-state index contributed by atoms with van der Waals surface area (Å²) in [6, 6.07) is 12.8. The molecule has 1 amide bonds. The van der Waals surface area contributed by atoms with Crippen molar-refractivity contribution in [1.29, 1.82) is 5.41 Å². The Balaban J connectivity index is 1.25. The first-order valence-electron chi connectivity index (χ1n) is 12.6. The van der Waals surface area contributed by atoms with Crippen molar-refractivity contribution in [1.82, 2.24) is 5.01 Å². The summed E-state index contributed by atoms with van der Waals surface area (Å²) in [5.41, 5.74) is 0.874. The predicted octanol–water partition coefficient (Wildman–Crippen LogP) is 5.36. The fraction of sp³-hybridized carbons (Fsp3) is 0.357. The second kappa shape index (κ2) is 11.7. The van der Waals surface area contributed by atoms with Crippen LogP contribution >= 0.6 is 11.8 Å². The SMILES string of the molecule is COc1ccccc1OCCOc1ccc(C=C2C(=N)N3N=C(C4CCCCC4)SC3=NC2=O)cc1OC. The van der Waals surface area contributed by atoms with E-state index < -0.39 is 5.91 Å². The maximum Gasteiger partial charge on any atom is 0.283 e. The number of benzene rings is 2. The van der Waals surface area contributed by atoms with E-state index in [-0.39, 0.29) is 11.4 Å². The molecule has 2 heterocycles. The van der Waals surface area contributed by atoms with Crippen LogP contribution < -0.4 is 18.9 Å². The number of nitrogens with zero attached hydrogens (tertiary/aromatic N) is 3. The number of carbonyl (C=O) groups excluding carboxylic acids is 1. The smallest absolute Gasteiger partial charge is 0.283 e. The van der Waals surface area contributed by atoms with E-state index in [4.69, 9.17) is 24.4 Å². The lowest BCUT2D eigenvalue weighted by Gasteiger charge is -2.20. The van der Waals surface area contributed by atoms with Crippen LogP contribution in [0.4, 0.5) is 0 Å². The standard InChI is InChI=1S/C28H30N4O5S/c1-34-21-10-6-7-11-22(21)36-14-15-37-23-13-12-18(17-24(23)35-2)16-20-25(29)32-28(30-26(20)33)38-27(31-32)19-8-4-3-5-9-19/h6-7,10-13,16-17,19,29H,3-5,8-9,14-15H2,1-2H3. The third kappa shape index (κ3) is 5.55.